The zero-order valence-corrected chi connectivity index (χ0v) is 18.8. The Morgan fingerprint density at radius 3 is 2.58 bits per heavy atom. The first kappa shape index (κ1) is 21.3. The number of anilines is 2. The zero-order chi connectivity index (χ0) is 23.2. The Labute approximate surface area is 193 Å². The maximum atomic E-state index is 13.1. The second-order valence-electron chi connectivity index (χ2n) is 8.63. The molecule has 33 heavy (non-hydrogen) atoms. The van der Waals surface area contributed by atoms with Gasteiger partial charge >= 0.3 is 5.97 Å². The summed E-state index contributed by atoms with van der Waals surface area (Å²) in [6.07, 6.45) is 5.14. The van der Waals surface area contributed by atoms with Crippen LogP contribution in [0.1, 0.15) is 45.4 Å². The van der Waals surface area contributed by atoms with Gasteiger partial charge in [-0.1, -0.05) is 36.4 Å². The van der Waals surface area contributed by atoms with E-state index in [0.717, 1.165) is 28.8 Å². The predicted octanol–water partition coefficient (Wildman–Crippen LogP) is 5.32. The van der Waals surface area contributed by atoms with Gasteiger partial charge in [0, 0.05) is 17.3 Å². The van der Waals surface area contributed by atoms with E-state index in [0.29, 0.717) is 5.69 Å². The van der Waals surface area contributed by atoms with Gasteiger partial charge in [0.25, 0.3) is 10.0 Å². The van der Waals surface area contributed by atoms with Gasteiger partial charge in [-0.2, -0.15) is 0 Å². The van der Waals surface area contributed by atoms with Crippen molar-refractivity contribution >= 4 is 27.4 Å². The molecular formula is C26H24N2O4S. The van der Waals surface area contributed by atoms with Crippen molar-refractivity contribution in [2.45, 2.75) is 30.2 Å². The number of fused-ring (bicyclic) bond motifs is 3. The highest BCUT2D eigenvalue weighted by Gasteiger charge is 2.38. The van der Waals surface area contributed by atoms with E-state index < -0.39 is 16.0 Å². The van der Waals surface area contributed by atoms with Crippen molar-refractivity contribution in [2.24, 2.45) is 5.92 Å². The number of allylic oxidation sites excluding steroid dienone is 2. The summed E-state index contributed by atoms with van der Waals surface area (Å²) in [5.41, 5.74) is 4.64. The highest BCUT2D eigenvalue weighted by molar-refractivity contribution is 7.92. The highest BCUT2D eigenvalue weighted by Crippen LogP contribution is 2.50. The van der Waals surface area contributed by atoms with E-state index in [2.05, 4.69) is 22.2 Å². The lowest BCUT2D eigenvalue weighted by Gasteiger charge is -2.37. The van der Waals surface area contributed by atoms with Crippen molar-refractivity contribution in [1.82, 2.24) is 0 Å². The van der Waals surface area contributed by atoms with Crippen molar-refractivity contribution in [1.29, 1.82) is 0 Å². The molecule has 168 valence electrons. The summed E-state index contributed by atoms with van der Waals surface area (Å²) < 4.78 is 28.8. The van der Waals surface area contributed by atoms with Gasteiger partial charge in [0.05, 0.1) is 16.5 Å². The van der Waals surface area contributed by atoms with E-state index in [9.17, 15) is 18.3 Å². The first-order valence-electron chi connectivity index (χ1n) is 10.8. The first-order chi connectivity index (χ1) is 15.8. The molecule has 0 spiro atoms. The molecule has 1 heterocycles. The number of nitrogens with one attached hydrogen (secondary N) is 2. The number of aryl methyl sites for hydroxylation is 1. The van der Waals surface area contributed by atoms with Gasteiger partial charge in [-0.3, -0.25) is 4.72 Å². The van der Waals surface area contributed by atoms with E-state index in [1.165, 1.54) is 0 Å². The number of hydrogen-bond acceptors (Lipinski definition) is 4. The van der Waals surface area contributed by atoms with Crippen LogP contribution in [0, 0.1) is 12.8 Å². The minimum Gasteiger partial charge on any atom is -0.478 e. The quantitative estimate of drug-likeness (QED) is 0.448. The maximum absolute atomic E-state index is 13.1. The van der Waals surface area contributed by atoms with Gasteiger partial charge in [-0.05, 0) is 78.4 Å². The largest absolute Gasteiger partial charge is 0.478 e. The molecular weight excluding hydrogens is 436 g/mol. The van der Waals surface area contributed by atoms with Gasteiger partial charge in [-0.25, -0.2) is 13.2 Å². The van der Waals surface area contributed by atoms with Crippen LogP contribution in [0.25, 0.3) is 0 Å². The summed E-state index contributed by atoms with van der Waals surface area (Å²) in [5.74, 6) is -0.646. The van der Waals surface area contributed by atoms with Crippen LogP contribution in [0.15, 0.2) is 83.8 Å². The number of carbonyl (C=O) groups is 1. The van der Waals surface area contributed by atoms with Crippen LogP contribution in [0.2, 0.25) is 0 Å². The third-order valence-electron chi connectivity index (χ3n) is 6.43. The van der Waals surface area contributed by atoms with Crippen LogP contribution >= 0.6 is 0 Å². The molecule has 3 N–H and O–H groups in total. The van der Waals surface area contributed by atoms with Gasteiger partial charge in [0.2, 0.25) is 0 Å². The fraction of sp³-hybridized carbons (Fsp3) is 0.192. The van der Waals surface area contributed by atoms with E-state index in [-0.39, 0.29) is 28.3 Å². The summed E-state index contributed by atoms with van der Waals surface area (Å²) in [6, 6.07) is 19.4. The van der Waals surface area contributed by atoms with Crippen LogP contribution < -0.4 is 10.0 Å². The summed E-state index contributed by atoms with van der Waals surface area (Å²) >= 11 is 0. The van der Waals surface area contributed by atoms with E-state index >= 15 is 0 Å². The smallest absolute Gasteiger partial charge is 0.335 e. The minimum absolute atomic E-state index is 0.00761. The number of benzene rings is 3. The molecule has 0 amide bonds. The van der Waals surface area contributed by atoms with Crippen molar-refractivity contribution in [3.8, 4) is 0 Å². The van der Waals surface area contributed by atoms with Gasteiger partial charge in [-0.15, -0.1) is 0 Å². The molecule has 5 rings (SSSR count). The third-order valence-corrected chi connectivity index (χ3v) is 7.81. The van der Waals surface area contributed by atoms with E-state index in [1.807, 2.05) is 37.3 Å². The average Bonchev–Trinajstić information content (AvgIpc) is 3.28. The van der Waals surface area contributed by atoms with Crippen molar-refractivity contribution < 1.29 is 18.3 Å². The number of rotatable bonds is 5. The van der Waals surface area contributed by atoms with Crippen LogP contribution in [-0.2, 0) is 10.0 Å². The molecule has 2 aliphatic rings. The molecule has 3 aromatic carbocycles. The molecule has 0 saturated carbocycles. The number of carboxylic acid groups (broad SMARTS) is 1. The Bertz CT molecular complexity index is 1360. The van der Waals surface area contributed by atoms with Crippen molar-refractivity contribution in [3.63, 3.8) is 0 Å². The molecule has 6 nitrogen and oxygen atoms in total. The van der Waals surface area contributed by atoms with Crippen LogP contribution in [0.4, 0.5) is 11.4 Å². The molecule has 1 aliphatic carbocycles. The average molecular weight is 461 g/mol. The molecule has 7 heteroatoms. The fourth-order valence-electron chi connectivity index (χ4n) is 4.83. The lowest BCUT2D eigenvalue weighted by Crippen LogP contribution is -2.29. The Hall–Kier alpha value is -3.58. The fourth-order valence-corrected chi connectivity index (χ4v) is 5.91. The SMILES string of the molecule is Cc1cccc(NS(=O)(=O)c2ccc3c(c2)[C@@H]2C=CC[C@@H]2[C@H](c2ccc(C(=O)O)cc2)N3)c1. The molecule has 0 saturated heterocycles. The number of sulfonamides is 1. The molecule has 1 aliphatic heterocycles. The van der Waals surface area contributed by atoms with Crippen LogP contribution in [0.3, 0.4) is 0 Å². The van der Waals surface area contributed by atoms with Crippen LogP contribution in [-0.4, -0.2) is 19.5 Å². The molecule has 3 aromatic rings. The van der Waals surface area contributed by atoms with E-state index in [1.54, 1.807) is 36.4 Å². The molecule has 3 atom stereocenters. The lowest BCUT2D eigenvalue weighted by molar-refractivity contribution is 0.0697. The Morgan fingerprint density at radius 1 is 1.06 bits per heavy atom. The summed E-state index contributed by atoms with van der Waals surface area (Å²) in [4.78, 5) is 11.4. The Balaban J connectivity index is 1.47. The standard InChI is InChI=1S/C26H24N2O4S/c1-16-4-2-5-19(14-16)28-33(31,32)20-12-13-24-23(15-20)21-6-3-7-22(21)25(27-24)17-8-10-18(11-9-17)26(29)30/h2-6,8-15,21-22,25,27-28H,7H2,1H3,(H,29,30)/t21-,22+,25+/m1/s1. The molecule has 0 bridgehead atoms. The maximum Gasteiger partial charge on any atom is 0.335 e. The third kappa shape index (κ3) is 4.00. The van der Waals surface area contributed by atoms with Gasteiger partial charge in [0.15, 0.2) is 0 Å². The highest BCUT2D eigenvalue weighted by atomic mass is 32.2. The topological polar surface area (TPSA) is 95.5 Å². The second kappa shape index (κ2) is 8.08. The lowest BCUT2D eigenvalue weighted by atomic mass is 9.77. The second-order valence-corrected chi connectivity index (χ2v) is 10.3. The van der Waals surface area contributed by atoms with Crippen LogP contribution in [0.5, 0.6) is 0 Å². The van der Waals surface area contributed by atoms with Crippen molar-refractivity contribution in [3.05, 3.63) is 101 Å². The molecule has 0 fully saturated rings. The first-order valence-corrected chi connectivity index (χ1v) is 12.3. The monoisotopic (exact) mass is 460 g/mol. The molecule has 0 radical (unpaired) electrons. The normalized spacial score (nSPS) is 21.1. The van der Waals surface area contributed by atoms with Gasteiger partial charge < -0.3 is 10.4 Å². The summed E-state index contributed by atoms with van der Waals surface area (Å²) in [7, 11) is -3.73. The number of hydrogen-bond donors (Lipinski definition) is 3. The van der Waals surface area contributed by atoms with E-state index in [4.69, 9.17) is 0 Å². The zero-order valence-electron chi connectivity index (χ0n) is 18.0. The number of aromatic carboxylic acids is 1. The predicted molar refractivity (Wildman–Crippen MR) is 128 cm³/mol. The Morgan fingerprint density at radius 2 is 1.85 bits per heavy atom. The van der Waals surface area contributed by atoms with Crippen molar-refractivity contribution in [2.75, 3.05) is 10.0 Å². The van der Waals surface area contributed by atoms with Gasteiger partial charge in [0.1, 0.15) is 0 Å². The molecule has 0 aromatic heterocycles. The number of carboxylic acids is 1. The summed E-state index contributed by atoms with van der Waals surface area (Å²) in [5, 5.41) is 12.8. The Kier molecular flexibility index (Phi) is 5.21. The minimum atomic E-state index is -3.73. The summed E-state index contributed by atoms with van der Waals surface area (Å²) in [6.45, 7) is 1.92. The molecule has 0 unspecified atom stereocenters.